The van der Waals surface area contributed by atoms with Gasteiger partial charge in [-0.25, -0.2) is 0 Å². The van der Waals surface area contributed by atoms with Crippen LogP contribution in [-0.4, -0.2) is 42.8 Å². The molecule has 0 amide bonds. The molecule has 1 saturated carbocycles. The lowest BCUT2D eigenvalue weighted by molar-refractivity contribution is -0.143. The molecule has 0 saturated heterocycles. The number of nitrogens with one attached hydrogen (secondary N) is 1. The molecule has 0 heterocycles. The summed E-state index contributed by atoms with van der Waals surface area (Å²) in [6.45, 7) is 1.06. The van der Waals surface area contributed by atoms with E-state index in [4.69, 9.17) is 5.26 Å². The molecule has 1 rings (SSSR count). The average molecular weight is 249 g/mol. The monoisotopic (exact) mass is 249 g/mol. The fourth-order valence-corrected chi connectivity index (χ4v) is 1.64. The van der Waals surface area contributed by atoms with Gasteiger partial charge < -0.3 is 0 Å². The number of rotatable bonds is 6. The smallest absolute Gasteiger partial charge is 0.298 e. The lowest BCUT2D eigenvalue weighted by Crippen LogP contribution is -2.45. The second-order valence-corrected chi connectivity index (χ2v) is 4.97. The molecule has 0 radical (unpaired) electrons. The molecule has 1 atom stereocenters. The highest BCUT2D eigenvalue weighted by atomic mass is 19.4. The number of halogens is 3. The maximum Gasteiger partial charge on any atom is 0.401 e. The highest BCUT2D eigenvalue weighted by molar-refractivity contribution is 5.07. The first kappa shape index (κ1) is 14.3. The van der Waals surface area contributed by atoms with Crippen molar-refractivity contribution < 1.29 is 13.2 Å². The lowest BCUT2D eigenvalue weighted by atomic mass is 9.99. The first-order valence-electron chi connectivity index (χ1n) is 5.68. The van der Waals surface area contributed by atoms with Crippen LogP contribution in [0.4, 0.5) is 13.2 Å². The van der Waals surface area contributed by atoms with Gasteiger partial charge >= 0.3 is 6.18 Å². The molecule has 1 unspecified atom stereocenters. The Morgan fingerprint density at radius 2 is 2.00 bits per heavy atom. The SMILES string of the molecule is CN(CCC(C)(C#N)NC1CC1)CC(F)(F)F. The van der Waals surface area contributed by atoms with Gasteiger partial charge in [0.2, 0.25) is 0 Å². The summed E-state index contributed by atoms with van der Waals surface area (Å²) in [6.07, 6.45) is -1.68. The van der Waals surface area contributed by atoms with E-state index in [2.05, 4.69) is 11.4 Å². The number of hydrogen-bond donors (Lipinski definition) is 1. The van der Waals surface area contributed by atoms with Crippen molar-refractivity contribution in [1.82, 2.24) is 10.2 Å². The highest BCUT2D eigenvalue weighted by Crippen LogP contribution is 2.24. The van der Waals surface area contributed by atoms with Crippen LogP contribution < -0.4 is 5.32 Å². The van der Waals surface area contributed by atoms with Crippen LogP contribution in [-0.2, 0) is 0 Å². The normalized spacial score (nSPS) is 20.1. The number of alkyl halides is 3. The second-order valence-electron chi connectivity index (χ2n) is 4.97. The Labute approximate surface area is 99.6 Å². The zero-order valence-electron chi connectivity index (χ0n) is 10.1. The molecule has 1 aliphatic carbocycles. The van der Waals surface area contributed by atoms with Crippen LogP contribution in [0.3, 0.4) is 0 Å². The Morgan fingerprint density at radius 3 is 2.41 bits per heavy atom. The fraction of sp³-hybridized carbons (Fsp3) is 0.909. The molecule has 17 heavy (non-hydrogen) atoms. The third kappa shape index (κ3) is 5.89. The van der Waals surface area contributed by atoms with Crippen LogP contribution in [0.5, 0.6) is 0 Å². The molecule has 0 aliphatic heterocycles. The molecular weight excluding hydrogens is 231 g/mol. The second kappa shape index (κ2) is 5.23. The minimum absolute atomic E-state index is 0.253. The summed E-state index contributed by atoms with van der Waals surface area (Å²) in [7, 11) is 1.42. The third-order valence-corrected chi connectivity index (χ3v) is 2.79. The molecule has 0 aromatic carbocycles. The Kier molecular flexibility index (Phi) is 4.39. The predicted molar refractivity (Wildman–Crippen MR) is 58.3 cm³/mol. The van der Waals surface area contributed by atoms with E-state index in [1.165, 1.54) is 11.9 Å². The molecule has 0 aromatic heterocycles. The summed E-state index contributed by atoms with van der Waals surface area (Å²) in [5.74, 6) is 0. The first-order chi connectivity index (χ1) is 7.74. The van der Waals surface area contributed by atoms with E-state index in [1.54, 1.807) is 6.92 Å². The molecule has 1 N–H and O–H groups in total. The highest BCUT2D eigenvalue weighted by Gasteiger charge is 2.34. The third-order valence-electron chi connectivity index (χ3n) is 2.79. The number of hydrogen-bond acceptors (Lipinski definition) is 3. The van der Waals surface area contributed by atoms with E-state index in [-0.39, 0.29) is 6.54 Å². The van der Waals surface area contributed by atoms with E-state index in [0.717, 1.165) is 12.8 Å². The maximum absolute atomic E-state index is 12.1. The van der Waals surface area contributed by atoms with Gasteiger partial charge in [0.25, 0.3) is 0 Å². The van der Waals surface area contributed by atoms with Crippen molar-refractivity contribution in [2.45, 2.75) is 43.9 Å². The van der Waals surface area contributed by atoms with Gasteiger partial charge in [-0.3, -0.25) is 10.2 Å². The molecule has 0 bridgehead atoms. The summed E-state index contributed by atoms with van der Waals surface area (Å²) in [6, 6.07) is 2.52. The van der Waals surface area contributed by atoms with Crippen LogP contribution in [0.15, 0.2) is 0 Å². The van der Waals surface area contributed by atoms with Crippen molar-refractivity contribution in [3.8, 4) is 6.07 Å². The molecule has 6 heteroatoms. The van der Waals surface area contributed by atoms with Crippen LogP contribution in [0.25, 0.3) is 0 Å². The van der Waals surface area contributed by atoms with Crippen molar-refractivity contribution in [1.29, 1.82) is 5.26 Å². The molecule has 98 valence electrons. The molecule has 0 aromatic rings. The summed E-state index contributed by atoms with van der Waals surface area (Å²) in [5, 5.41) is 12.2. The summed E-state index contributed by atoms with van der Waals surface area (Å²) in [5.41, 5.74) is -0.721. The van der Waals surface area contributed by atoms with Gasteiger partial charge in [-0.2, -0.15) is 18.4 Å². The van der Waals surface area contributed by atoms with Crippen molar-refractivity contribution in [3.63, 3.8) is 0 Å². The van der Waals surface area contributed by atoms with E-state index < -0.39 is 18.3 Å². The van der Waals surface area contributed by atoms with E-state index >= 15 is 0 Å². The Balaban J connectivity index is 2.34. The van der Waals surface area contributed by atoms with E-state index in [1.807, 2.05) is 0 Å². The minimum atomic E-state index is -4.18. The van der Waals surface area contributed by atoms with Crippen LogP contribution >= 0.6 is 0 Å². The molecule has 0 spiro atoms. The van der Waals surface area contributed by atoms with Gasteiger partial charge in [0.15, 0.2) is 0 Å². The molecule has 1 aliphatic rings. The largest absolute Gasteiger partial charge is 0.401 e. The lowest BCUT2D eigenvalue weighted by Gasteiger charge is -2.26. The van der Waals surface area contributed by atoms with Gasteiger partial charge in [0.1, 0.15) is 5.54 Å². The zero-order valence-corrected chi connectivity index (χ0v) is 10.1. The zero-order chi connectivity index (χ0) is 13.1. The average Bonchev–Trinajstić information content (AvgIpc) is 2.96. The van der Waals surface area contributed by atoms with Crippen molar-refractivity contribution in [3.05, 3.63) is 0 Å². The number of nitrogens with zero attached hydrogens (tertiary/aromatic N) is 2. The maximum atomic E-state index is 12.1. The summed E-state index contributed by atoms with van der Waals surface area (Å²) in [4.78, 5) is 1.20. The molecule has 1 fully saturated rings. The Morgan fingerprint density at radius 1 is 1.41 bits per heavy atom. The summed E-state index contributed by atoms with van der Waals surface area (Å²) >= 11 is 0. The van der Waals surface area contributed by atoms with Gasteiger partial charge in [-0.15, -0.1) is 0 Å². The van der Waals surface area contributed by atoms with E-state index in [0.29, 0.717) is 12.5 Å². The Hall–Kier alpha value is -0.800. The quantitative estimate of drug-likeness (QED) is 0.781. The van der Waals surface area contributed by atoms with Crippen molar-refractivity contribution in [2.75, 3.05) is 20.1 Å². The first-order valence-corrected chi connectivity index (χ1v) is 5.68. The van der Waals surface area contributed by atoms with Gasteiger partial charge in [0.05, 0.1) is 12.6 Å². The topological polar surface area (TPSA) is 39.1 Å². The fourth-order valence-electron chi connectivity index (χ4n) is 1.64. The predicted octanol–water partition coefficient (Wildman–Crippen LogP) is 1.90. The number of nitriles is 1. The van der Waals surface area contributed by atoms with Gasteiger partial charge in [-0.1, -0.05) is 0 Å². The van der Waals surface area contributed by atoms with Crippen LogP contribution in [0.2, 0.25) is 0 Å². The van der Waals surface area contributed by atoms with E-state index in [9.17, 15) is 13.2 Å². The van der Waals surface area contributed by atoms with Gasteiger partial charge in [0, 0.05) is 12.6 Å². The van der Waals surface area contributed by atoms with Crippen LogP contribution in [0, 0.1) is 11.3 Å². The van der Waals surface area contributed by atoms with Crippen molar-refractivity contribution in [2.24, 2.45) is 0 Å². The van der Waals surface area contributed by atoms with Crippen LogP contribution in [0.1, 0.15) is 26.2 Å². The van der Waals surface area contributed by atoms with Gasteiger partial charge in [-0.05, 0) is 33.2 Å². The Bertz CT molecular complexity index is 293. The molecule has 3 nitrogen and oxygen atoms in total. The molecular formula is C11H18F3N3. The van der Waals surface area contributed by atoms with Crippen molar-refractivity contribution >= 4 is 0 Å². The standard InChI is InChI=1S/C11H18F3N3/c1-10(7-15,16-9-3-4-9)5-6-17(2)8-11(12,13)14/h9,16H,3-6,8H2,1-2H3. The summed E-state index contributed by atoms with van der Waals surface area (Å²) < 4.78 is 36.3. The minimum Gasteiger partial charge on any atom is -0.298 e.